The number of hydrogen-bond acceptors (Lipinski definition) is 3. The second kappa shape index (κ2) is 6.80. The van der Waals surface area contributed by atoms with Gasteiger partial charge in [0.05, 0.1) is 17.5 Å². The minimum absolute atomic E-state index is 0.234. The molecule has 0 unspecified atom stereocenters. The van der Waals surface area contributed by atoms with Crippen molar-refractivity contribution in [2.24, 2.45) is 5.10 Å². The van der Waals surface area contributed by atoms with E-state index in [-0.39, 0.29) is 5.82 Å². The van der Waals surface area contributed by atoms with Crippen molar-refractivity contribution in [1.29, 1.82) is 0 Å². The summed E-state index contributed by atoms with van der Waals surface area (Å²) in [6.07, 6.45) is -0.141. The molecule has 0 atom stereocenters. The first kappa shape index (κ1) is 16.8. The SMILES string of the molecule is Cc1ccc(-n2cccc2/C=N\Nc2ccc(C(F)(F)F)cn2)cc1. The van der Waals surface area contributed by atoms with E-state index in [1.165, 1.54) is 11.6 Å². The molecule has 0 fully saturated rings. The zero-order valence-corrected chi connectivity index (χ0v) is 13.3. The van der Waals surface area contributed by atoms with E-state index in [4.69, 9.17) is 0 Å². The van der Waals surface area contributed by atoms with E-state index in [0.717, 1.165) is 23.6 Å². The lowest BCUT2D eigenvalue weighted by Gasteiger charge is -2.07. The molecule has 0 amide bonds. The number of nitrogens with zero attached hydrogens (tertiary/aromatic N) is 3. The molecule has 0 aliphatic carbocycles. The van der Waals surface area contributed by atoms with E-state index in [0.29, 0.717) is 0 Å². The van der Waals surface area contributed by atoms with Gasteiger partial charge in [0.25, 0.3) is 0 Å². The van der Waals surface area contributed by atoms with Crippen molar-refractivity contribution in [3.8, 4) is 5.69 Å². The Labute approximate surface area is 142 Å². The molecule has 0 saturated heterocycles. The van der Waals surface area contributed by atoms with Crippen molar-refractivity contribution in [3.05, 3.63) is 77.7 Å². The molecule has 3 rings (SSSR count). The highest BCUT2D eigenvalue weighted by Gasteiger charge is 2.30. The van der Waals surface area contributed by atoms with Gasteiger partial charge in [0, 0.05) is 18.1 Å². The lowest BCUT2D eigenvalue weighted by molar-refractivity contribution is -0.137. The predicted octanol–water partition coefficient (Wildman–Crippen LogP) is 4.65. The number of nitrogens with one attached hydrogen (secondary N) is 1. The first-order chi connectivity index (χ1) is 11.9. The third-order valence-electron chi connectivity index (χ3n) is 3.56. The van der Waals surface area contributed by atoms with E-state index in [1.807, 2.05) is 54.1 Å². The fourth-order valence-corrected chi connectivity index (χ4v) is 2.23. The molecular weight excluding hydrogens is 329 g/mol. The summed E-state index contributed by atoms with van der Waals surface area (Å²) in [5.41, 5.74) is 4.81. The van der Waals surface area contributed by atoms with Crippen molar-refractivity contribution in [3.63, 3.8) is 0 Å². The average molecular weight is 344 g/mol. The predicted molar refractivity (Wildman–Crippen MR) is 91.0 cm³/mol. The first-order valence-electron chi connectivity index (χ1n) is 7.50. The Kier molecular flexibility index (Phi) is 4.56. The molecule has 4 nitrogen and oxygen atoms in total. The van der Waals surface area contributed by atoms with Gasteiger partial charge in [-0.2, -0.15) is 18.3 Å². The van der Waals surface area contributed by atoms with Gasteiger partial charge >= 0.3 is 6.18 Å². The maximum absolute atomic E-state index is 12.5. The number of benzene rings is 1. The van der Waals surface area contributed by atoms with Gasteiger partial charge in [0.1, 0.15) is 5.82 Å². The molecule has 0 saturated carbocycles. The summed E-state index contributed by atoms with van der Waals surface area (Å²) >= 11 is 0. The second-order valence-corrected chi connectivity index (χ2v) is 5.44. The van der Waals surface area contributed by atoms with E-state index < -0.39 is 11.7 Å². The lowest BCUT2D eigenvalue weighted by atomic mass is 10.2. The van der Waals surface area contributed by atoms with Gasteiger partial charge in [-0.3, -0.25) is 5.43 Å². The van der Waals surface area contributed by atoms with Crippen molar-refractivity contribution < 1.29 is 13.2 Å². The number of anilines is 1. The van der Waals surface area contributed by atoms with Crippen LogP contribution in [0.2, 0.25) is 0 Å². The normalized spacial score (nSPS) is 11.8. The van der Waals surface area contributed by atoms with Crippen LogP contribution in [0.4, 0.5) is 19.0 Å². The van der Waals surface area contributed by atoms with E-state index >= 15 is 0 Å². The zero-order valence-electron chi connectivity index (χ0n) is 13.3. The third kappa shape index (κ3) is 4.06. The van der Waals surface area contributed by atoms with Crippen molar-refractivity contribution in [2.45, 2.75) is 13.1 Å². The Balaban J connectivity index is 1.71. The Morgan fingerprint density at radius 1 is 1.08 bits per heavy atom. The fourth-order valence-electron chi connectivity index (χ4n) is 2.23. The van der Waals surface area contributed by atoms with Crippen LogP contribution in [-0.4, -0.2) is 15.8 Å². The fraction of sp³-hybridized carbons (Fsp3) is 0.111. The average Bonchev–Trinajstić information content (AvgIpc) is 3.04. The van der Waals surface area contributed by atoms with Crippen LogP contribution in [0, 0.1) is 6.92 Å². The molecule has 2 aromatic heterocycles. The molecule has 2 heterocycles. The number of aryl methyl sites for hydroxylation is 1. The van der Waals surface area contributed by atoms with Gasteiger partial charge in [-0.25, -0.2) is 4.98 Å². The van der Waals surface area contributed by atoms with Crippen molar-refractivity contribution in [2.75, 3.05) is 5.43 Å². The largest absolute Gasteiger partial charge is 0.417 e. The minimum atomic E-state index is -4.40. The van der Waals surface area contributed by atoms with Gasteiger partial charge in [0.15, 0.2) is 0 Å². The second-order valence-electron chi connectivity index (χ2n) is 5.44. The minimum Gasteiger partial charge on any atom is -0.316 e. The monoisotopic (exact) mass is 344 g/mol. The van der Waals surface area contributed by atoms with Gasteiger partial charge in [-0.1, -0.05) is 17.7 Å². The molecule has 0 spiro atoms. The number of hydrogen-bond donors (Lipinski definition) is 1. The van der Waals surface area contributed by atoms with Crippen LogP contribution in [0.3, 0.4) is 0 Å². The topological polar surface area (TPSA) is 42.2 Å². The van der Waals surface area contributed by atoms with Crippen LogP contribution >= 0.6 is 0 Å². The molecule has 25 heavy (non-hydrogen) atoms. The van der Waals surface area contributed by atoms with Gasteiger partial charge in [-0.15, -0.1) is 0 Å². The molecule has 0 radical (unpaired) electrons. The Morgan fingerprint density at radius 3 is 2.48 bits per heavy atom. The van der Waals surface area contributed by atoms with Crippen LogP contribution in [0.1, 0.15) is 16.8 Å². The highest BCUT2D eigenvalue weighted by molar-refractivity contribution is 5.79. The first-order valence-corrected chi connectivity index (χ1v) is 7.50. The van der Waals surface area contributed by atoms with Crippen molar-refractivity contribution >= 4 is 12.0 Å². The van der Waals surface area contributed by atoms with Crippen LogP contribution in [0.5, 0.6) is 0 Å². The van der Waals surface area contributed by atoms with Crippen molar-refractivity contribution in [1.82, 2.24) is 9.55 Å². The highest BCUT2D eigenvalue weighted by Crippen LogP contribution is 2.28. The van der Waals surface area contributed by atoms with Crippen LogP contribution in [-0.2, 0) is 6.18 Å². The number of hydrazone groups is 1. The molecule has 0 bridgehead atoms. The number of aromatic nitrogens is 2. The third-order valence-corrected chi connectivity index (χ3v) is 3.56. The van der Waals surface area contributed by atoms with Crippen LogP contribution < -0.4 is 5.43 Å². The van der Waals surface area contributed by atoms with Crippen LogP contribution in [0.15, 0.2) is 66.0 Å². The maximum Gasteiger partial charge on any atom is 0.417 e. The van der Waals surface area contributed by atoms with Gasteiger partial charge < -0.3 is 4.57 Å². The van der Waals surface area contributed by atoms with E-state index in [2.05, 4.69) is 15.5 Å². The summed E-state index contributed by atoms with van der Waals surface area (Å²) in [6.45, 7) is 2.02. The standard InChI is InChI=1S/C18H15F3N4/c1-13-4-7-15(8-5-13)25-10-2-3-16(25)12-23-24-17-9-6-14(11-22-17)18(19,20)21/h2-12H,1H3,(H,22,24)/b23-12-. The maximum atomic E-state index is 12.5. The summed E-state index contributed by atoms with van der Waals surface area (Å²) in [4.78, 5) is 3.70. The molecule has 128 valence electrons. The van der Waals surface area contributed by atoms with Crippen LogP contribution in [0.25, 0.3) is 5.69 Å². The molecule has 3 aromatic rings. The van der Waals surface area contributed by atoms with E-state index in [9.17, 15) is 13.2 Å². The summed E-state index contributed by atoms with van der Waals surface area (Å²) < 4.78 is 39.4. The summed E-state index contributed by atoms with van der Waals surface area (Å²) in [7, 11) is 0. The molecule has 7 heteroatoms. The summed E-state index contributed by atoms with van der Waals surface area (Å²) in [6, 6.07) is 14.0. The number of pyridine rings is 1. The molecular formula is C18H15F3N4. The number of halogens is 3. The molecule has 1 N–H and O–H groups in total. The lowest BCUT2D eigenvalue weighted by Crippen LogP contribution is -2.06. The molecule has 1 aromatic carbocycles. The number of alkyl halides is 3. The Morgan fingerprint density at radius 2 is 1.84 bits per heavy atom. The summed E-state index contributed by atoms with van der Waals surface area (Å²) in [5, 5.41) is 4.04. The molecule has 0 aliphatic rings. The Bertz CT molecular complexity index is 863. The quantitative estimate of drug-likeness (QED) is 0.553. The smallest absolute Gasteiger partial charge is 0.316 e. The zero-order chi connectivity index (χ0) is 17.9. The summed E-state index contributed by atoms with van der Waals surface area (Å²) in [5.74, 6) is 0.234. The Hall–Kier alpha value is -3.09. The van der Waals surface area contributed by atoms with E-state index in [1.54, 1.807) is 6.21 Å². The molecule has 0 aliphatic heterocycles. The van der Waals surface area contributed by atoms with Gasteiger partial charge in [0.2, 0.25) is 0 Å². The highest BCUT2D eigenvalue weighted by atomic mass is 19.4. The number of rotatable bonds is 4. The van der Waals surface area contributed by atoms with Gasteiger partial charge in [-0.05, 0) is 43.3 Å².